The van der Waals surface area contributed by atoms with Crippen molar-refractivity contribution in [1.29, 1.82) is 0 Å². The molecule has 0 aromatic heterocycles. The van der Waals surface area contributed by atoms with Crippen molar-refractivity contribution in [2.45, 2.75) is 329 Å². The van der Waals surface area contributed by atoms with Crippen LogP contribution >= 0.6 is 0 Å². The van der Waals surface area contributed by atoms with E-state index in [4.69, 9.17) is 14.2 Å². The summed E-state index contributed by atoms with van der Waals surface area (Å²) < 4.78 is 16.9. The van der Waals surface area contributed by atoms with Crippen molar-refractivity contribution < 1.29 is 28.6 Å². The molecule has 0 heterocycles. The lowest BCUT2D eigenvalue weighted by Crippen LogP contribution is -2.30. The highest BCUT2D eigenvalue weighted by molar-refractivity contribution is 5.71. The van der Waals surface area contributed by atoms with Crippen LogP contribution in [0.5, 0.6) is 0 Å². The quantitative estimate of drug-likeness (QED) is 0.0261. The normalized spacial score (nSPS) is 12.5. The number of esters is 3. The van der Waals surface area contributed by atoms with Crippen LogP contribution in [0.25, 0.3) is 0 Å². The van der Waals surface area contributed by atoms with Gasteiger partial charge in [-0.25, -0.2) is 0 Å². The molecule has 428 valence electrons. The van der Waals surface area contributed by atoms with Crippen molar-refractivity contribution in [2.24, 2.45) is 0 Å². The maximum Gasteiger partial charge on any atom is 0.306 e. The maximum absolute atomic E-state index is 12.9. The van der Waals surface area contributed by atoms with Crippen LogP contribution in [0, 0.1) is 0 Å². The summed E-state index contributed by atoms with van der Waals surface area (Å²) in [5, 5.41) is 0. The topological polar surface area (TPSA) is 78.9 Å². The summed E-state index contributed by atoms with van der Waals surface area (Å²) in [6.07, 6.45) is 80.5. The van der Waals surface area contributed by atoms with E-state index in [0.29, 0.717) is 19.3 Å². The van der Waals surface area contributed by atoms with E-state index in [1.165, 1.54) is 180 Å². The minimum absolute atomic E-state index is 0.0805. The minimum atomic E-state index is -0.782. The van der Waals surface area contributed by atoms with E-state index in [9.17, 15) is 14.4 Å². The van der Waals surface area contributed by atoms with Gasteiger partial charge in [0.1, 0.15) is 13.2 Å². The Morgan fingerprint density at radius 1 is 0.284 bits per heavy atom. The molecule has 0 N–H and O–H groups in total. The molecule has 1 unspecified atom stereocenters. The van der Waals surface area contributed by atoms with Crippen LogP contribution in [0.4, 0.5) is 0 Å². The third kappa shape index (κ3) is 59.7. The van der Waals surface area contributed by atoms with Gasteiger partial charge in [-0.2, -0.15) is 0 Å². The van der Waals surface area contributed by atoms with Crippen molar-refractivity contribution in [3.05, 3.63) is 72.9 Å². The fraction of sp³-hybridized carbons (Fsp3) is 0.779. The summed E-state index contributed by atoms with van der Waals surface area (Å²) in [5.74, 6) is -0.884. The second-order valence-corrected chi connectivity index (χ2v) is 21.3. The lowest BCUT2D eigenvalue weighted by molar-refractivity contribution is -0.167. The molecule has 0 bridgehead atoms. The van der Waals surface area contributed by atoms with Crippen molar-refractivity contribution in [3.8, 4) is 0 Å². The van der Waals surface area contributed by atoms with Crippen LogP contribution in [-0.4, -0.2) is 37.2 Å². The van der Waals surface area contributed by atoms with Crippen molar-refractivity contribution in [1.82, 2.24) is 0 Å². The SMILES string of the molecule is CC/C=C\C/C=C\C/C=C\C/C=C\C/C=C\CCCCCCCCCC(=O)OCC(COC(=O)CCCCCCC/C=C\CCCCC)OC(=O)CCCCCCCCCCCCCCCCCCCCCCC. The highest BCUT2D eigenvalue weighted by Crippen LogP contribution is 2.17. The van der Waals surface area contributed by atoms with Crippen LogP contribution < -0.4 is 0 Å². The van der Waals surface area contributed by atoms with Gasteiger partial charge in [-0.3, -0.25) is 14.4 Å². The lowest BCUT2D eigenvalue weighted by Gasteiger charge is -2.18. The summed E-state index contributed by atoms with van der Waals surface area (Å²) in [6.45, 7) is 6.53. The van der Waals surface area contributed by atoms with E-state index in [1.807, 2.05) is 0 Å². The van der Waals surface area contributed by atoms with E-state index in [1.54, 1.807) is 0 Å². The summed E-state index contributed by atoms with van der Waals surface area (Å²) in [7, 11) is 0. The molecule has 74 heavy (non-hydrogen) atoms. The molecule has 0 saturated carbocycles. The predicted molar refractivity (Wildman–Crippen MR) is 321 cm³/mol. The van der Waals surface area contributed by atoms with Crippen LogP contribution in [0.3, 0.4) is 0 Å². The molecule has 0 aliphatic heterocycles. The maximum atomic E-state index is 12.9. The van der Waals surface area contributed by atoms with E-state index in [0.717, 1.165) is 103 Å². The number of unbranched alkanes of at least 4 members (excludes halogenated alkanes) is 35. The van der Waals surface area contributed by atoms with Gasteiger partial charge >= 0.3 is 17.9 Å². The number of carbonyl (C=O) groups excluding carboxylic acids is 3. The van der Waals surface area contributed by atoms with Gasteiger partial charge in [-0.15, -0.1) is 0 Å². The molecule has 6 nitrogen and oxygen atoms in total. The summed E-state index contributed by atoms with van der Waals surface area (Å²) in [4.78, 5) is 38.3. The zero-order chi connectivity index (χ0) is 53.6. The predicted octanol–water partition coefficient (Wildman–Crippen LogP) is 21.7. The second-order valence-electron chi connectivity index (χ2n) is 21.3. The molecule has 0 amide bonds. The first-order chi connectivity index (χ1) is 36.5. The Hall–Kier alpha value is -3.15. The zero-order valence-electron chi connectivity index (χ0n) is 49.1. The molecular weight excluding hydrogens is 913 g/mol. The fourth-order valence-corrected chi connectivity index (χ4v) is 9.17. The average Bonchev–Trinajstić information content (AvgIpc) is 3.40. The third-order valence-electron chi connectivity index (χ3n) is 13.9. The van der Waals surface area contributed by atoms with Crippen LogP contribution in [-0.2, 0) is 28.6 Å². The molecule has 0 aromatic carbocycles. The van der Waals surface area contributed by atoms with Gasteiger partial charge in [0.2, 0.25) is 0 Å². The Bertz CT molecular complexity index is 1370. The number of hydrogen-bond acceptors (Lipinski definition) is 6. The fourth-order valence-electron chi connectivity index (χ4n) is 9.17. The molecule has 0 radical (unpaired) electrons. The Labute approximate surface area is 459 Å². The van der Waals surface area contributed by atoms with Crippen LogP contribution in [0.15, 0.2) is 72.9 Å². The van der Waals surface area contributed by atoms with Gasteiger partial charge in [0, 0.05) is 19.3 Å². The van der Waals surface area contributed by atoms with Crippen molar-refractivity contribution in [2.75, 3.05) is 13.2 Å². The first kappa shape index (κ1) is 70.8. The molecule has 1 atom stereocenters. The lowest BCUT2D eigenvalue weighted by atomic mass is 10.0. The molecule has 0 rings (SSSR count). The smallest absolute Gasteiger partial charge is 0.306 e. The molecule has 0 aliphatic rings. The van der Waals surface area contributed by atoms with E-state index >= 15 is 0 Å². The first-order valence-electron chi connectivity index (χ1n) is 31.9. The van der Waals surface area contributed by atoms with Gasteiger partial charge in [-0.1, -0.05) is 286 Å². The summed E-state index contributed by atoms with van der Waals surface area (Å²) >= 11 is 0. The van der Waals surface area contributed by atoms with Gasteiger partial charge < -0.3 is 14.2 Å². The third-order valence-corrected chi connectivity index (χ3v) is 13.9. The summed E-state index contributed by atoms with van der Waals surface area (Å²) in [6, 6.07) is 0. The average molecular weight is 1030 g/mol. The molecule has 0 saturated heterocycles. The van der Waals surface area contributed by atoms with E-state index in [2.05, 4.69) is 93.7 Å². The molecule has 0 fully saturated rings. The monoisotopic (exact) mass is 1030 g/mol. The van der Waals surface area contributed by atoms with Crippen molar-refractivity contribution >= 4 is 17.9 Å². The van der Waals surface area contributed by atoms with Crippen LogP contribution in [0.2, 0.25) is 0 Å². The number of carbonyl (C=O) groups is 3. The largest absolute Gasteiger partial charge is 0.462 e. The summed E-state index contributed by atoms with van der Waals surface area (Å²) in [5.41, 5.74) is 0. The molecule has 0 aliphatic carbocycles. The highest BCUT2D eigenvalue weighted by Gasteiger charge is 2.19. The number of hydrogen-bond donors (Lipinski definition) is 0. The molecule has 6 heteroatoms. The Kier molecular flexibility index (Phi) is 59.7. The molecular formula is C68H120O6. The Morgan fingerprint density at radius 2 is 0.527 bits per heavy atom. The van der Waals surface area contributed by atoms with E-state index < -0.39 is 6.10 Å². The number of rotatable bonds is 58. The Morgan fingerprint density at radius 3 is 0.865 bits per heavy atom. The highest BCUT2D eigenvalue weighted by atomic mass is 16.6. The Balaban J connectivity index is 4.31. The number of ether oxygens (including phenoxy) is 3. The zero-order valence-corrected chi connectivity index (χ0v) is 49.1. The van der Waals surface area contributed by atoms with Crippen molar-refractivity contribution in [3.63, 3.8) is 0 Å². The van der Waals surface area contributed by atoms with Gasteiger partial charge in [0.25, 0.3) is 0 Å². The minimum Gasteiger partial charge on any atom is -0.462 e. The molecule has 0 spiro atoms. The van der Waals surface area contributed by atoms with Gasteiger partial charge in [0.15, 0.2) is 6.10 Å². The molecule has 0 aromatic rings. The standard InChI is InChI=1S/C68H120O6/c1-4-7-10-13-16-19-22-25-27-29-31-33-34-36-37-39-41-43-46-49-52-55-58-61-67(70)73-64-65(63-72-66(69)60-57-54-51-48-45-24-21-18-15-12-9-6-3)74-68(71)62-59-56-53-50-47-44-42-40-38-35-32-30-28-26-23-20-17-14-11-8-5-2/h7,10,16,18-19,21,25,27,31,33,36-37,65H,4-6,8-9,11-15,17,20,22-24,26,28-30,32,34-35,38-64H2,1-3H3/b10-7-,19-16-,21-18-,27-25-,33-31-,37-36-. The van der Waals surface area contributed by atoms with Crippen LogP contribution in [0.1, 0.15) is 323 Å². The van der Waals surface area contributed by atoms with Gasteiger partial charge in [-0.05, 0) is 89.9 Å². The number of allylic oxidation sites excluding steroid dienone is 12. The first-order valence-corrected chi connectivity index (χ1v) is 31.9. The van der Waals surface area contributed by atoms with E-state index in [-0.39, 0.29) is 31.1 Å². The van der Waals surface area contributed by atoms with Gasteiger partial charge in [0.05, 0.1) is 0 Å². The second kappa shape index (κ2) is 62.4.